The maximum atomic E-state index is 5.71. The summed E-state index contributed by atoms with van der Waals surface area (Å²) in [5.74, 6) is 0.792. The van der Waals surface area contributed by atoms with Crippen molar-refractivity contribution in [2.75, 3.05) is 5.73 Å². The molecule has 2 N–H and O–H groups in total. The molecule has 0 aromatic carbocycles. The Labute approximate surface area is 73.0 Å². The molecule has 0 atom stereocenters. The van der Waals surface area contributed by atoms with Crippen LogP contribution < -0.4 is 5.73 Å². The molecule has 4 heteroatoms. The average molecular weight is 176 g/mol. The van der Waals surface area contributed by atoms with Crippen LogP contribution >= 0.6 is 12.4 Å². The van der Waals surface area contributed by atoms with Gasteiger partial charge in [0.05, 0.1) is 5.69 Å². The van der Waals surface area contributed by atoms with Crippen molar-refractivity contribution in [2.24, 2.45) is 7.05 Å². The zero-order valence-corrected chi connectivity index (χ0v) is 7.90. The lowest BCUT2D eigenvalue weighted by Crippen LogP contribution is -1.98. The second kappa shape index (κ2) is 3.62. The summed E-state index contributed by atoms with van der Waals surface area (Å²) in [7, 11) is 1.86. The predicted octanol–water partition coefficient (Wildman–Crippen LogP) is 1.29. The average Bonchev–Trinajstić information content (AvgIpc) is 2.09. The molecular weight excluding hydrogens is 162 g/mol. The molecular formula is C7H14ClN3. The van der Waals surface area contributed by atoms with Gasteiger partial charge in [-0.1, -0.05) is 6.92 Å². The molecule has 0 radical (unpaired) electrons. The maximum Gasteiger partial charge on any atom is 0.124 e. The lowest BCUT2D eigenvalue weighted by Gasteiger charge is -1.94. The third-order valence-corrected chi connectivity index (χ3v) is 1.75. The van der Waals surface area contributed by atoms with Crippen LogP contribution in [0.4, 0.5) is 5.82 Å². The molecule has 1 aromatic heterocycles. The summed E-state index contributed by atoms with van der Waals surface area (Å²) in [5.41, 5.74) is 7.93. The van der Waals surface area contributed by atoms with Gasteiger partial charge in [0.2, 0.25) is 0 Å². The van der Waals surface area contributed by atoms with Crippen LogP contribution in [0.15, 0.2) is 0 Å². The van der Waals surface area contributed by atoms with E-state index >= 15 is 0 Å². The van der Waals surface area contributed by atoms with E-state index in [4.69, 9.17) is 5.73 Å². The first kappa shape index (κ1) is 10.3. The van der Waals surface area contributed by atoms with Gasteiger partial charge in [0.25, 0.3) is 0 Å². The van der Waals surface area contributed by atoms with E-state index in [2.05, 4.69) is 12.0 Å². The van der Waals surface area contributed by atoms with Crippen LogP contribution in [0.3, 0.4) is 0 Å². The fraction of sp³-hybridized carbons (Fsp3) is 0.571. The highest BCUT2D eigenvalue weighted by atomic mass is 35.5. The molecule has 0 aliphatic heterocycles. The van der Waals surface area contributed by atoms with Crippen molar-refractivity contribution in [3.63, 3.8) is 0 Å². The molecule has 11 heavy (non-hydrogen) atoms. The molecule has 0 unspecified atom stereocenters. The first-order valence-corrected chi connectivity index (χ1v) is 3.44. The van der Waals surface area contributed by atoms with E-state index in [1.807, 2.05) is 14.0 Å². The van der Waals surface area contributed by atoms with Gasteiger partial charge in [0, 0.05) is 12.6 Å². The number of nitrogens with two attached hydrogens (primary N) is 1. The van der Waals surface area contributed by atoms with Crippen LogP contribution in [0, 0.1) is 6.92 Å². The van der Waals surface area contributed by atoms with Crippen molar-refractivity contribution in [1.82, 2.24) is 9.78 Å². The molecule has 3 nitrogen and oxygen atoms in total. The summed E-state index contributed by atoms with van der Waals surface area (Å²) in [6, 6.07) is 0. The summed E-state index contributed by atoms with van der Waals surface area (Å²) in [6.45, 7) is 4.07. The predicted molar refractivity (Wildman–Crippen MR) is 49.0 cm³/mol. The number of aryl methyl sites for hydroxylation is 2. The first-order valence-electron chi connectivity index (χ1n) is 3.44. The van der Waals surface area contributed by atoms with Gasteiger partial charge in [-0.15, -0.1) is 12.4 Å². The summed E-state index contributed by atoms with van der Waals surface area (Å²) >= 11 is 0. The zero-order chi connectivity index (χ0) is 7.72. The van der Waals surface area contributed by atoms with E-state index in [0.29, 0.717) is 0 Å². The van der Waals surface area contributed by atoms with Crippen LogP contribution in [0.25, 0.3) is 0 Å². The number of nitrogen functional groups attached to an aromatic ring is 1. The molecule has 1 rings (SSSR count). The minimum absolute atomic E-state index is 0. The number of hydrogen-bond acceptors (Lipinski definition) is 2. The van der Waals surface area contributed by atoms with Gasteiger partial charge in [0.1, 0.15) is 5.82 Å². The van der Waals surface area contributed by atoms with Gasteiger partial charge < -0.3 is 5.73 Å². The largest absolute Gasteiger partial charge is 0.384 e. The molecule has 0 spiro atoms. The van der Waals surface area contributed by atoms with Gasteiger partial charge in [-0.2, -0.15) is 5.10 Å². The fourth-order valence-corrected chi connectivity index (χ4v) is 1.16. The van der Waals surface area contributed by atoms with Gasteiger partial charge >= 0.3 is 0 Å². The number of rotatable bonds is 1. The van der Waals surface area contributed by atoms with Crippen molar-refractivity contribution in [3.05, 3.63) is 11.3 Å². The Kier molecular flexibility index (Phi) is 3.39. The first-order chi connectivity index (χ1) is 4.66. The van der Waals surface area contributed by atoms with Crippen LogP contribution in [-0.2, 0) is 13.5 Å². The molecule has 0 amide bonds. The van der Waals surface area contributed by atoms with Gasteiger partial charge in [-0.3, -0.25) is 4.68 Å². The van der Waals surface area contributed by atoms with E-state index in [-0.39, 0.29) is 12.4 Å². The minimum Gasteiger partial charge on any atom is -0.384 e. The van der Waals surface area contributed by atoms with E-state index in [1.54, 1.807) is 4.68 Å². The molecule has 0 saturated carbocycles. The molecule has 0 saturated heterocycles. The Morgan fingerprint density at radius 3 is 2.27 bits per heavy atom. The van der Waals surface area contributed by atoms with E-state index in [1.165, 1.54) is 5.56 Å². The van der Waals surface area contributed by atoms with E-state index < -0.39 is 0 Å². The Morgan fingerprint density at radius 1 is 1.55 bits per heavy atom. The van der Waals surface area contributed by atoms with Crippen LogP contribution in [0.1, 0.15) is 18.2 Å². The summed E-state index contributed by atoms with van der Waals surface area (Å²) in [6.07, 6.45) is 0.964. The van der Waals surface area contributed by atoms with Crippen molar-refractivity contribution in [3.8, 4) is 0 Å². The maximum absolute atomic E-state index is 5.71. The number of halogens is 1. The molecule has 0 aliphatic carbocycles. The Morgan fingerprint density at radius 2 is 2.09 bits per heavy atom. The molecule has 1 aromatic rings. The summed E-state index contributed by atoms with van der Waals surface area (Å²) < 4.78 is 1.72. The molecule has 1 heterocycles. The van der Waals surface area contributed by atoms with Gasteiger partial charge in [0.15, 0.2) is 0 Å². The van der Waals surface area contributed by atoms with Gasteiger partial charge in [-0.05, 0) is 13.3 Å². The lowest BCUT2D eigenvalue weighted by atomic mass is 10.2. The van der Waals surface area contributed by atoms with E-state index in [9.17, 15) is 0 Å². The zero-order valence-electron chi connectivity index (χ0n) is 7.09. The third-order valence-electron chi connectivity index (χ3n) is 1.75. The lowest BCUT2D eigenvalue weighted by molar-refractivity contribution is 0.767. The number of nitrogens with zero attached hydrogens (tertiary/aromatic N) is 2. The second-order valence-corrected chi connectivity index (χ2v) is 2.43. The smallest absolute Gasteiger partial charge is 0.124 e. The van der Waals surface area contributed by atoms with Crippen LogP contribution in [0.5, 0.6) is 0 Å². The normalized spacial score (nSPS) is 9.36. The third kappa shape index (κ3) is 1.66. The summed E-state index contributed by atoms with van der Waals surface area (Å²) in [5, 5.41) is 4.17. The molecule has 0 aliphatic rings. The molecule has 64 valence electrons. The Balaban J connectivity index is 0.000001000. The van der Waals surface area contributed by atoms with Crippen molar-refractivity contribution in [2.45, 2.75) is 20.3 Å². The highest BCUT2D eigenvalue weighted by molar-refractivity contribution is 5.85. The SMILES string of the molecule is CCc1c(C)nn(C)c1N.Cl. The molecule has 0 bridgehead atoms. The Bertz CT molecular complexity index is 242. The number of hydrogen-bond donors (Lipinski definition) is 1. The monoisotopic (exact) mass is 175 g/mol. The highest BCUT2D eigenvalue weighted by Crippen LogP contribution is 2.14. The quantitative estimate of drug-likeness (QED) is 0.699. The highest BCUT2D eigenvalue weighted by Gasteiger charge is 2.06. The number of anilines is 1. The van der Waals surface area contributed by atoms with Crippen molar-refractivity contribution < 1.29 is 0 Å². The molecule has 0 fully saturated rings. The fourth-order valence-electron chi connectivity index (χ4n) is 1.16. The topological polar surface area (TPSA) is 43.8 Å². The minimum atomic E-state index is 0. The second-order valence-electron chi connectivity index (χ2n) is 2.43. The van der Waals surface area contributed by atoms with Crippen molar-refractivity contribution >= 4 is 18.2 Å². The Hall–Kier alpha value is -0.700. The van der Waals surface area contributed by atoms with Gasteiger partial charge in [-0.25, -0.2) is 0 Å². The number of aromatic nitrogens is 2. The standard InChI is InChI=1S/C7H13N3.ClH/c1-4-6-5(2)9-10(3)7(6)8;/h4,8H2,1-3H3;1H. The van der Waals surface area contributed by atoms with Crippen molar-refractivity contribution in [1.29, 1.82) is 0 Å². The van der Waals surface area contributed by atoms with Crippen LogP contribution in [-0.4, -0.2) is 9.78 Å². The van der Waals surface area contributed by atoms with Crippen LogP contribution in [0.2, 0.25) is 0 Å². The van der Waals surface area contributed by atoms with E-state index in [0.717, 1.165) is 17.9 Å². The summed E-state index contributed by atoms with van der Waals surface area (Å²) in [4.78, 5) is 0.